The number of methoxy groups -OCH3 is 1. The summed E-state index contributed by atoms with van der Waals surface area (Å²) in [4.78, 5) is 28.4. The number of pyridine rings is 1. The molecule has 1 aromatic heterocycles. The molecule has 0 aliphatic rings. The first-order valence-corrected chi connectivity index (χ1v) is 9.24. The first kappa shape index (κ1) is 20.4. The number of nitrogens with zero attached hydrogens (tertiary/aromatic N) is 1. The number of hydrogen-bond donors (Lipinski definition) is 2. The van der Waals surface area contributed by atoms with E-state index in [1.54, 1.807) is 30.3 Å². The van der Waals surface area contributed by atoms with Gasteiger partial charge >= 0.3 is 5.97 Å². The van der Waals surface area contributed by atoms with E-state index >= 15 is 0 Å². The molecule has 1 heterocycles. The topological polar surface area (TPSA) is 88.5 Å². The Morgan fingerprint density at radius 1 is 1.14 bits per heavy atom. The Morgan fingerprint density at radius 2 is 1.83 bits per heavy atom. The van der Waals surface area contributed by atoms with Gasteiger partial charge in [-0.3, -0.25) is 9.59 Å². The summed E-state index contributed by atoms with van der Waals surface area (Å²) in [7, 11) is 1.51. The van der Waals surface area contributed by atoms with Gasteiger partial charge in [0.05, 0.1) is 25.1 Å². The number of carbonyl (C=O) groups excluding carboxylic acids is 1. The molecule has 0 bridgehead atoms. The summed E-state index contributed by atoms with van der Waals surface area (Å²) in [5, 5.41) is 12.4. The van der Waals surface area contributed by atoms with Crippen LogP contribution in [-0.2, 0) is 4.79 Å². The minimum Gasteiger partial charge on any atom is -0.481 e. The number of aliphatic carboxylic acids is 1. The van der Waals surface area contributed by atoms with Crippen molar-refractivity contribution in [1.82, 2.24) is 10.3 Å². The average molecular weight is 411 g/mol. The highest BCUT2D eigenvalue weighted by Gasteiger charge is 2.22. The van der Waals surface area contributed by atoms with Gasteiger partial charge in [-0.1, -0.05) is 60.1 Å². The lowest BCUT2D eigenvalue weighted by Crippen LogP contribution is -2.30. The summed E-state index contributed by atoms with van der Waals surface area (Å²) < 4.78 is 5.32. The highest BCUT2D eigenvalue weighted by atomic mass is 35.5. The Kier molecular flexibility index (Phi) is 6.46. The van der Waals surface area contributed by atoms with E-state index in [0.717, 1.165) is 5.56 Å². The zero-order valence-electron chi connectivity index (χ0n) is 15.6. The third-order valence-electron chi connectivity index (χ3n) is 4.36. The Bertz CT molecular complexity index is 1020. The molecule has 6 nitrogen and oxygen atoms in total. The van der Waals surface area contributed by atoms with Crippen LogP contribution in [-0.4, -0.2) is 29.1 Å². The molecule has 1 atom stereocenters. The maximum atomic E-state index is 12.9. The number of carbonyl (C=O) groups is 2. The molecule has 0 spiro atoms. The van der Waals surface area contributed by atoms with Gasteiger partial charge in [0.1, 0.15) is 0 Å². The monoisotopic (exact) mass is 410 g/mol. The van der Waals surface area contributed by atoms with Crippen molar-refractivity contribution in [1.29, 1.82) is 0 Å². The van der Waals surface area contributed by atoms with Crippen LogP contribution in [0, 0.1) is 0 Å². The lowest BCUT2D eigenvalue weighted by atomic mass is 10.0. The van der Waals surface area contributed by atoms with Crippen LogP contribution in [0.1, 0.15) is 28.4 Å². The molecule has 0 fully saturated rings. The second-order valence-corrected chi connectivity index (χ2v) is 6.70. The van der Waals surface area contributed by atoms with Gasteiger partial charge in [0, 0.05) is 16.8 Å². The molecule has 3 aromatic rings. The van der Waals surface area contributed by atoms with Crippen LogP contribution in [0.4, 0.5) is 0 Å². The van der Waals surface area contributed by atoms with Gasteiger partial charge in [-0.05, 0) is 23.3 Å². The average Bonchev–Trinajstić information content (AvgIpc) is 2.73. The molecule has 3 rings (SSSR count). The molecule has 1 amide bonds. The normalized spacial score (nSPS) is 11.5. The lowest BCUT2D eigenvalue weighted by molar-refractivity contribution is -0.137. The van der Waals surface area contributed by atoms with E-state index in [4.69, 9.17) is 16.3 Å². The molecular formula is C22H19ClN2O4. The smallest absolute Gasteiger partial charge is 0.305 e. The quantitative estimate of drug-likeness (QED) is 0.604. The molecule has 7 heteroatoms. The summed E-state index contributed by atoms with van der Waals surface area (Å²) >= 11 is 6.20. The van der Waals surface area contributed by atoms with Crippen molar-refractivity contribution in [3.63, 3.8) is 0 Å². The number of aromatic nitrogens is 1. The first-order valence-electron chi connectivity index (χ1n) is 8.86. The standard InChI is InChI=1S/C22H19ClN2O4/c1-29-22-17(14-7-3-2-4-8-14)11-15(13-24-22)21(28)25-19(12-20(26)27)16-9-5-6-10-18(16)23/h2-11,13,19H,12H2,1H3,(H,25,28)(H,26,27). The Labute approximate surface area is 173 Å². The Morgan fingerprint density at radius 3 is 2.48 bits per heavy atom. The SMILES string of the molecule is COc1ncc(C(=O)NC(CC(=O)O)c2ccccc2Cl)cc1-c1ccccc1. The highest BCUT2D eigenvalue weighted by Crippen LogP contribution is 2.29. The van der Waals surface area contributed by atoms with E-state index in [1.807, 2.05) is 30.3 Å². The number of hydrogen-bond acceptors (Lipinski definition) is 4. The molecule has 2 aromatic carbocycles. The van der Waals surface area contributed by atoms with E-state index in [0.29, 0.717) is 22.0 Å². The minimum atomic E-state index is -1.05. The summed E-state index contributed by atoms with van der Waals surface area (Å²) in [5.41, 5.74) is 2.33. The van der Waals surface area contributed by atoms with Crippen LogP contribution in [0.5, 0.6) is 5.88 Å². The van der Waals surface area contributed by atoms with E-state index in [9.17, 15) is 14.7 Å². The number of carboxylic acids is 1. The van der Waals surface area contributed by atoms with E-state index in [2.05, 4.69) is 10.3 Å². The molecule has 0 aliphatic heterocycles. The maximum absolute atomic E-state index is 12.9. The molecule has 0 saturated heterocycles. The molecule has 29 heavy (non-hydrogen) atoms. The van der Waals surface area contributed by atoms with Crippen LogP contribution in [0.15, 0.2) is 66.9 Å². The van der Waals surface area contributed by atoms with E-state index in [-0.39, 0.29) is 12.0 Å². The fourth-order valence-electron chi connectivity index (χ4n) is 2.98. The molecule has 0 aliphatic carbocycles. The van der Waals surface area contributed by atoms with Crippen LogP contribution in [0.25, 0.3) is 11.1 Å². The second-order valence-electron chi connectivity index (χ2n) is 6.29. The molecule has 1 unspecified atom stereocenters. The van der Waals surface area contributed by atoms with Crippen molar-refractivity contribution in [3.8, 4) is 17.0 Å². The van der Waals surface area contributed by atoms with Gasteiger partial charge < -0.3 is 15.2 Å². The van der Waals surface area contributed by atoms with Gasteiger partial charge in [-0.25, -0.2) is 4.98 Å². The fourth-order valence-corrected chi connectivity index (χ4v) is 3.24. The number of ether oxygens (including phenoxy) is 1. The predicted octanol–water partition coefficient (Wildman–Crippen LogP) is 4.36. The minimum absolute atomic E-state index is 0.284. The van der Waals surface area contributed by atoms with Crippen molar-refractivity contribution < 1.29 is 19.4 Å². The maximum Gasteiger partial charge on any atom is 0.305 e. The summed E-state index contributed by atoms with van der Waals surface area (Å²) in [6.45, 7) is 0. The molecular weight excluding hydrogens is 392 g/mol. The Balaban J connectivity index is 1.92. The zero-order chi connectivity index (χ0) is 20.8. The zero-order valence-corrected chi connectivity index (χ0v) is 16.4. The number of rotatable bonds is 7. The summed E-state index contributed by atoms with van der Waals surface area (Å²) in [5.74, 6) is -1.11. The van der Waals surface area contributed by atoms with Crippen molar-refractivity contribution in [2.75, 3.05) is 7.11 Å². The number of amides is 1. The van der Waals surface area contributed by atoms with Crippen molar-refractivity contribution in [3.05, 3.63) is 83.0 Å². The van der Waals surface area contributed by atoms with Crippen LogP contribution < -0.4 is 10.1 Å². The van der Waals surface area contributed by atoms with Gasteiger partial charge in [0.15, 0.2) is 0 Å². The number of halogens is 1. The third-order valence-corrected chi connectivity index (χ3v) is 4.70. The first-order chi connectivity index (χ1) is 14.0. The number of nitrogens with one attached hydrogen (secondary N) is 1. The molecule has 148 valence electrons. The molecule has 0 radical (unpaired) electrons. The summed E-state index contributed by atoms with van der Waals surface area (Å²) in [6, 6.07) is 17.1. The van der Waals surface area contributed by atoms with Crippen molar-refractivity contribution >= 4 is 23.5 Å². The third kappa shape index (κ3) is 4.92. The van der Waals surface area contributed by atoms with E-state index < -0.39 is 17.9 Å². The number of benzene rings is 2. The van der Waals surface area contributed by atoms with E-state index in [1.165, 1.54) is 13.3 Å². The van der Waals surface area contributed by atoms with Crippen molar-refractivity contribution in [2.45, 2.75) is 12.5 Å². The predicted molar refractivity (Wildman–Crippen MR) is 110 cm³/mol. The fraction of sp³-hybridized carbons (Fsp3) is 0.136. The van der Waals surface area contributed by atoms with Crippen LogP contribution in [0.2, 0.25) is 5.02 Å². The van der Waals surface area contributed by atoms with Crippen LogP contribution >= 0.6 is 11.6 Å². The second kappa shape index (κ2) is 9.21. The van der Waals surface area contributed by atoms with Gasteiger partial charge in [-0.15, -0.1) is 0 Å². The van der Waals surface area contributed by atoms with Crippen LogP contribution in [0.3, 0.4) is 0 Å². The lowest BCUT2D eigenvalue weighted by Gasteiger charge is -2.19. The number of carboxylic acid groups (broad SMARTS) is 1. The van der Waals surface area contributed by atoms with Gasteiger partial charge in [0.25, 0.3) is 5.91 Å². The van der Waals surface area contributed by atoms with Gasteiger partial charge in [-0.2, -0.15) is 0 Å². The van der Waals surface area contributed by atoms with Gasteiger partial charge in [0.2, 0.25) is 5.88 Å². The summed E-state index contributed by atoms with van der Waals surface area (Å²) in [6.07, 6.45) is 1.09. The van der Waals surface area contributed by atoms with Crippen molar-refractivity contribution in [2.24, 2.45) is 0 Å². The molecule has 0 saturated carbocycles. The Hall–Kier alpha value is -3.38. The highest BCUT2D eigenvalue weighted by molar-refractivity contribution is 6.31. The molecule has 2 N–H and O–H groups in total. The largest absolute Gasteiger partial charge is 0.481 e.